The Labute approximate surface area is 120 Å². The number of aromatic nitrogens is 3. The van der Waals surface area contributed by atoms with Crippen molar-refractivity contribution >= 4 is 17.4 Å². The lowest BCUT2D eigenvalue weighted by atomic mass is 10.2. The van der Waals surface area contributed by atoms with E-state index in [2.05, 4.69) is 15.1 Å². The molecule has 0 saturated carbocycles. The molecule has 0 saturated heterocycles. The standard InChI is InChI=1S/C14H12N4OS/c15-11-6-7-13(16-8-11)20-9-12-17-14(19-18-12)10-4-2-1-3-5-10/h1-8H,9,15H2. The van der Waals surface area contributed by atoms with Gasteiger partial charge < -0.3 is 10.3 Å². The highest BCUT2D eigenvalue weighted by Gasteiger charge is 2.08. The first-order valence-corrected chi connectivity index (χ1v) is 7.02. The number of nitrogens with two attached hydrogens (primary N) is 1. The van der Waals surface area contributed by atoms with E-state index in [1.807, 2.05) is 42.5 Å². The Balaban J connectivity index is 1.67. The average molecular weight is 284 g/mol. The van der Waals surface area contributed by atoms with Crippen LogP contribution >= 0.6 is 11.8 Å². The molecule has 0 atom stereocenters. The second-order valence-electron chi connectivity index (χ2n) is 4.10. The van der Waals surface area contributed by atoms with Crippen molar-refractivity contribution in [2.75, 3.05) is 5.73 Å². The Bertz CT molecular complexity index is 682. The number of pyridine rings is 1. The zero-order chi connectivity index (χ0) is 13.8. The molecule has 2 N–H and O–H groups in total. The monoisotopic (exact) mass is 284 g/mol. The number of nitrogen functional groups attached to an aromatic ring is 1. The minimum Gasteiger partial charge on any atom is -0.397 e. The van der Waals surface area contributed by atoms with E-state index >= 15 is 0 Å². The zero-order valence-electron chi connectivity index (χ0n) is 10.6. The van der Waals surface area contributed by atoms with Gasteiger partial charge in [-0.1, -0.05) is 35.1 Å². The third kappa shape index (κ3) is 2.97. The maximum Gasteiger partial charge on any atom is 0.257 e. The van der Waals surface area contributed by atoms with E-state index in [1.165, 1.54) is 11.8 Å². The van der Waals surface area contributed by atoms with Gasteiger partial charge in [-0.25, -0.2) is 4.98 Å². The van der Waals surface area contributed by atoms with Gasteiger partial charge in [0.05, 0.1) is 22.7 Å². The van der Waals surface area contributed by atoms with Crippen LogP contribution in [0.25, 0.3) is 11.5 Å². The SMILES string of the molecule is Nc1ccc(SCc2noc(-c3ccccc3)n2)nc1. The fourth-order valence-corrected chi connectivity index (χ4v) is 2.31. The molecule has 0 spiro atoms. The molecule has 6 heteroatoms. The second-order valence-corrected chi connectivity index (χ2v) is 5.10. The molecule has 0 fully saturated rings. The summed E-state index contributed by atoms with van der Waals surface area (Å²) in [6.07, 6.45) is 1.63. The highest BCUT2D eigenvalue weighted by atomic mass is 32.2. The van der Waals surface area contributed by atoms with Crippen molar-refractivity contribution in [2.45, 2.75) is 10.8 Å². The number of hydrogen-bond acceptors (Lipinski definition) is 6. The quantitative estimate of drug-likeness (QED) is 0.742. The number of rotatable bonds is 4. The molecule has 5 nitrogen and oxygen atoms in total. The summed E-state index contributed by atoms with van der Waals surface area (Å²) in [5.41, 5.74) is 7.16. The predicted molar refractivity (Wildman–Crippen MR) is 77.9 cm³/mol. The summed E-state index contributed by atoms with van der Waals surface area (Å²) in [4.78, 5) is 8.57. The van der Waals surface area contributed by atoms with Crippen LogP contribution in [-0.2, 0) is 5.75 Å². The first-order chi connectivity index (χ1) is 9.81. The molecule has 3 aromatic rings. The Morgan fingerprint density at radius 1 is 1.10 bits per heavy atom. The molecule has 0 bridgehead atoms. The molecular formula is C14H12N4OS. The van der Waals surface area contributed by atoms with Crippen LogP contribution in [0.15, 0.2) is 58.2 Å². The fraction of sp³-hybridized carbons (Fsp3) is 0.0714. The lowest BCUT2D eigenvalue weighted by molar-refractivity contribution is 0.425. The van der Waals surface area contributed by atoms with Gasteiger partial charge in [0, 0.05) is 5.56 Å². The van der Waals surface area contributed by atoms with Crippen LogP contribution in [0.5, 0.6) is 0 Å². The van der Waals surface area contributed by atoms with Crippen LogP contribution < -0.4 is 5.73 Å². The van der Waals surface area contributed by atoms with Crippen LogP contribution in [0.1, 0.15) is 5.82 Å². The van der Waals surface area contributed by atoms with Crippen LogP contribution in [-0.4, -0.2) is 15.1 Å². The topological polar surface area (TPSA) is 77.8 Å². The second kappa shape index (κ2) is 5.75. The summed E-state index contributed by atoms with van der Waals surface area (Å²) in [5.74, 6) is 1.78. The van der Waals surface area contributed by atoms with Gasteiger partial charge in [-0.2, -0.15) is 4.98 Å². The van der Waals surface area contributed by atoms with Gasteiger partial charge in [-0.15, -0.1) is 0 Å². The lowest BCUT2D eigenvalue weighted by Crippen LogP contribution is -1.88. The lowest BCUT2D eigenvalue weighted by Gasteiger charge is -1.97. The number of benzene rings is 1. The first-order valence-electron chi connectivity index (χ1n) is 6.03. The minimum atomic E-state index is 0.534. The number of hydrogen-bond donors (Lipinski definition) is 1. The summed E-state index contributed by atoms with van der Waals surface area (Å²) in [6, 6.07) is 13.4. The molecule has 0 radical (unpaired) electrons. The number of thioether (sulfide) groups is 1. The van der Waals surface area contributed by atoms with E-state index in [0.29, 0.717) is 23.2 Å². The average Bonchev–Trinajstić information content (AvgIpc) is 2.97. The first kappa shape index (κ1) is 12.7. The maximum absolute atomic E-state index is 5.59. The molecule has 1 aromatic carbocycles. The molecule has 0 aliphatic carbocycles. The third-order valence-electron chi connectivity index (χ3n) is 2.60. The largest absolute Gasteiger partial charge is 0.397 e. The summed E-state index contributed by atoms with van der Waals surface area (Å²) in [5, 5.41) is 4.85. The van der Waals surface area contributed by atoms with Crippen LogP contribution in [0.4, 0.5) is 5.69 Å². The van der Waals surface area contributed by atoms with Crippen LogP contribution in [0.2, 0.25) is 0 Å². The van der Waals surface area contributed by atoms with E-state index in [0.717, 1.165) is 10.6 Å². The highest BCUT2D eigenvalue weighted by Crippen LogP contribution is 2.22. The van der Waals surface area contributed by atoms with Gasteiger partial charge in [0.25, 0.3) is 5.89 Å². The van der Waals surface area contributed by atoms with Gasteiger partial charge >= 0.3 is 0 Å². The predicted octanol–water partition coefficient (Wildman–Crippen LogP) is 3.01. The molecular weight excluding hydrogens is 272 g/mol. The highest BCUT2D eigenvalue weighted by molar-refractivity contribution is 7.98. The van der Waals surface area contributed by atoms with E-state index in [9.17, 15) is 0 Å². The summed E-state index contributed by atoms with van der Waals surface area (Å²) < 4.78 is 5.24. The molecule has 2 heterocycles. The Morgan fingerprint density at radius 2 is 1.95 bits per heavy atom. The molecule has 0 amide bonds. The van der Waals surface area contributed by atoms with E-state index < -0.39 is 0 Å². The summed E-state index contributed by atoms with van der Waals surface area (Å²) in [6.45, 7) is 0. The minimum absolute atomic E-state index is 0.534. The van der Waals surface area contributed by atoms with Crippen LogP contribution in [0.3, 0.4) is 0 Å². The Hall–Kier alpha value is -2.34. The van der Waals surface area contributed by atoms with E-state index in [4.69, 9.17) is 10.3 Å². The Morgan fingerprint density at radius 3 is 2.70 bits per heavy atom. The smallest absolute Gasteiger partial charge is 0.257 e. The molecule has 0 unspecified atom stereocenters. The van der Waals surface area contributed by atoms with Gasteiger partial charge in [0.1, 0.15) is 0 Å². The van der Waals surface area contributed by atoms with E-state index in [-0.39, 0.29) is 0 Å². The van der Waals surface area contributed by atoms with Gasteiger partial charge in [-0.05, 0) is 24.3 Å². The molecule has 0 aliphatic heterocycles. The normalized spacial score (nSPS) is 10.6. The Kier molecular flexibility index (Phi) is 3.64. The van der Waals surface area contributed by atoms with Crippen molar-refractivity contribution in [1.29, 1.82) is 0 Å². The van der Waals surface area contributed by atoms with Crippen molar-refractivity contribution in [2.24, 2.45) is 0 Å². The molecule has 0 aliphatic rings. The van der Waals surface area contributed by atoms with Gasteiger partial charge in [0.2, 0.25) is 0 Å². The molecule has 100 valence electrons. The summed E-state index contributed by atoms with van der Waals surface area (Å²) >= 11 is 1.54. The van der Waals surface area contributed by atoms with E-state index in [1.54, 1.807) is 6.20 Å². The third-order valence-corrected chi connectivity index (χ3v) is 3.54. The molecule has 3 rings (SSSR count). The van der Waals surface area contributed by atoms with Gasteiger partial charge in [0.15, 0.2) is 5.82 Å². The van der Waals surface area contributed by atoms with Crippen molar-refractivity contribution in [3.63, 3.8) is 0 Å². The molecule has 20 heavy (non-hydrogen) atoms. The number of anilines is 1. The maximum atomic E-state index is 5.59. The zero-order valence-corrected chi connectivity index (χ0v) is 11.4. The van der Waals surface area contributed by atoms with Crippen LogP contribution in [0, 0.1) is 0 Å². The number of nitrogens with zero attached hydrogens (tertiary/aromatic N) is 3. The van der Waals surface area contributed by atoms with Crippen molar-refractivity contribution < 1.29 is 4.52 Å². The molecule has 2 aromatic heterocycles. The van der Waals surface area contributed by atoms with Crippen molar-refractivity contribution in [3.8, 4) is 11.5 Å². The van der Waals surface area contributed by atoms with Crippen molar-refractivity contribution in [3.05, 3.63) is 54.5 Å². The fourth-order valence-electron chi connectivity index (χ4n) is 1.63. The van der Waals surface area contributed by atoms with Crippen molar-refractivity contribution in [1.82, 2.24) is 15.1 Å². The summed E-state index contributed by atoms with van der Waals surface area (Å²) in [7, 11) is 0. The van der Waals surface area contributed by atoms with Gasteiger partial charge in [-0.3, -0.25) is 0 Å².